The number of fused-ring (bicyclic) bond motifs is 1. The Morgan fingerprint density at radius 2 is 2.11 bits per heavy atom. The lowest BCUT2D eigenvalue weighted by Gasteiger charge is -2.20. The van der Waals surface area contributed by atoms with Crippen LogP contribution in [0.4, 0.5) is 0 Å². The average molecular weight is 262 g/mol. The van der Waals surface area contributed by atoms with Gasteiger partial charge in [-0.05, 0) is 52.1 Å². The summed E-state index contributed by atoms with van der Waals surface area (Å²) in [5, 5.41) is 3.51. The molecule has 1 aromatic carbocycles. The number of benzene rings is 1. The van der Waals surface area contributed by atoms with Crippen molar-refractivity contribution in [3.05, 3.63) is 29.3 Å². The van der Waals surface area contributed by atoms with E-state index in [1.54, 1.807) is 0 Å². The molecule has 106 valence electrons. The molecule has 0 amide bonds. The van der Waals surface area contributed by atoms with Crippen LogP contribution in [0.25, 0.3) is 0 Å². The summed E-state index contributed by atoms with van der Waals surface area (Å²) in [7, 11) is 4.22. The molecule has 0 aliphatic carbocycles. The van der Waals surface area contributed by atoms with Gasteiger partial charge >= 0.3 is 0 Å². The molecule has 1 atom stereocenters. The van der Waals surface area contributed by atoms with Crippen molar-refractivity contribution in [2.75, 3.05) is 20.6 Å². The van der Waals surface area contributed by atoms with Crippen LogP contribution in [0.3, 0.4) is 0 Å². The van der Waals surface area contributed by atoms with Crippen LogP contribution in [0.15, 0.2) is 18.2 Å². The third-order valence-corrected chi connectivity index (χ3v) is 3.78. The summed E-state index contributed by atoms with van der Waals surface area (Å²) in [6, 6.07) is 7.10. The van der Waals surface area contributed by atoms with Gasteiger partial charge in [0.05, 0.1) is 0 Å². The number of nitrogens with one attached hydrogen (secondary N) is 1. The first-order chi connectivity index (χ1) is 8.87. The highest BCUT2D eigenvalue weighted by Crippen LogP contribution is 2.35. The van der Waals surface area contributed by atoms with E-state index in [0.29, 0.717) is 6.04 Å². The molecular weight excluding hydrogens is 236 g/mol. The predicted molar refractivity (Wildman–Crippen MR) is 79.7 cm³/mol. The van der Waals surface area contributed by atoms with Gasteiger partial charge in [-0.2, -0.15) is 0 Å². The number of nitrogens with zero attached hydrogens (tertiary/aromatic N) is 1. The molecule has 1 heterocycles. The zero-order chi connectivity index (χ0) is 14.0. The third kappa shape index (κ3) is 3.71. The fourth-order valence-electron chi connectivity index (χ4n) is 2.38. The van der Waals surface area contributed by atoms with Crippen molar-refractivity contribution in [2.45, 2.75) is 45.4 Å². The van der Waals surface area contributed by atoms with Crippen molar-refractivity contribution in [1.29, 1.82) is 0 Å². The van der Waals surface area contributed by atoms with Gasteiger partial charge in [0.25, 0.3) is 0 Å². The topological polar surface area (TPSA) is 24.5 Å². The number of rotatable bonds is 5. The van der Waals surface area contributed by atoms with E-state index in [1.807, 2.05) is 0 Å². The summed E-state index contributed by atoms with van der Waals surface area (Å²) < 4.78 is 5.90. The number of hydrogen-bond acceptors (Lipinski definition) is 3. The van der Waals surface area contributed by atoms with Crippen LogP contribution in [0.5, 0.6) is 5.75 Å². The Bertz CT molecular complexity index is 440. The van der Waals surface area contributed by atoms with Crippen LogP contribution in [-0.2, 0) is 13.0 Å². The fraction of sp³-hybridized carbons (Fsp3) is 0.625. The summed E-state index contributed by atoms with van der Waals surface area (Å²) >= 11 is 0. The molecule has 0 spiro atoms. The number of likely N-dealkylation sites (N-methyl/N-ethyl adjacent to an activating group) is 1. The minimum absolute atomic E-state index is 0.0478. The van der Waals surface area contributed by atoms with Crippen molar-refractivity contribution in [1.82, 2.24) is 10.2 Å². The molecular formula is C16H26N2O. The van der Waals surface area contributed by atoms with Crippen molar-refractivity contribution in [3.8, 4) is 5.75 Å². The molecule has 0 fully saturated rings. The molecule has 0 radical (unpaired) electrons. The molecule has 2 rings (SSSR count). The van der Waals surface area contributed by atoms with Gasteiger partial charge in [0.2, 0.25) is 0 Å². The van der Waals surface area contributed by atoms with E-state index in [9.17, 15) is 0 Å². The summed E-state index contributed by atoms with van der Waals surface area (Å²) in [6.45, 7) is 8.44. The van der Waals surface area contributed by atoms with E-state index in [-0.39, 0.29) is 5.60 Å². The zero-order valence-corrected chi connectivity index (χ0v) is 12.8. The number of hydrogen-bond donors (Lipinski definition) is 1. The van der Waals surface area contributed by atoms with Crippen LogP contribution in [0.1, 0.15) is 31.9 Å². The molecule has 3 nitrogen and oxygen atoms in total. The largest absolute Gasteiger partial charge is 0.487 e. The lowest BCUT2D eigenvalue weighted by Crippen LogP contribution is -2.35. The Morgan fingerprint density at radius 1 is 1.37 bits per heavy atom. The van der Waals surface area contributed by atoms with Gasteiger partial charge in [-0.15, -0.1) is 0 Å². The summed E-state index contributed by atoms with van der Waals surface area (Å²) in [5.74, 6) is 1.05. The van der Waals surface area contributed by atoms with E-state index < -0.39 is 0 Å². The van der Waals surface area contributed by atoms with Crippen molar-refractivity contribution < 1.29 is 4.74 Å². The summed E-state index contributed by atoms with van der Waals surface area (Å²) in [4.78, 5) is 2.23. The normalized spacial score (nSPS) is 18.2. The second-order valence-electron chi connectivity index (χ2n) is 6.42. The van der Waals surface area contributed by atoms with Gasteiger partial charge in [-0.25, -0.2) is 0 Å². The van der Waals surface area contributed by atoms with E-state index in [2.05, 4.69) is 63.3 Å². The highest BCUT2D eigenvalue weighted by atomic mass is 16.5. The van der Waals surface area contributed by atoms with Gasteiger partial charge in [0, 0.05) is 25.6 Å². The van der Waals surface area contributed by atoms with Gasteiger partial charge in [-0.3, -0.25) is 0 Å². The molecule has 0 saturated heterocycles. The molecule has 1 N–H and O–H groups in total. The van der Waals surface area contributed by atoms with Crippen molar-refractivity contribution in [2.24, 2.45) is 0 Å². The molecule has 1 unspecified atom stereocenters. The highest BCUT2D eigenvalue weighted by molar-refractivity contribution is 5.41. The van der Waals surface area contributed by atoms with E-state index in [4.69, 9.17) is 4.74 Å². The lowest BCUT2D eigenvalue weighted by atomic mass is 10.0. The van der Waals surface area contributed by atoms with Gasteiger partial charge in [0.1, 0.15) is 11.4 Å². The maximum atomic E-state index is 5.90. The molecule has 1 aromatic rings. The molecule has 0 bridgehead atoms. The quantitative estimate of drug-likeness (QED) is 0.882. The maximum Gasteiger partial charge on any atom is 0.123 e. The first kappa shape index (κ1) is 14.4. The van der Waals surface area contributed by atoms with Crippen molar-refractivity contribution in [3.63, 3.8) is 0 Å². The SMILES string of the molecule is CC(CNCc1ccc2c(c1)CC(C)(C)O2)N(C)C. The number of ether oxygens (including phenoxy) is 1. The Morgan fingerprint density at radius 3 is 2.79 bits per heavy atom. The first-order valence-corrected chi connectivity index (χ1v) is 7.05. The first-order valence-electron chi connectivity index (χ1n) is 7.05. The van der Waals surface area contributed by atoms with E-state index in [1.165, 1.54) is 11.1 Å². The molecule has 1 aliphatic rings. The lowest BCUT2D eigenvalue weighted by molar-refractivity contribution is 0.138. The Labute approximate surface area is 116 Å². The second-order valence-corrected chi connectivity index (χ2v) is 6.42. The third-order valence-electron chi connectivity index (χ3n) is 3.78. The van der Waals surface area contributed by atoms with Gasteiger partial charge < -0.3 is 15.0 Å². The zero-order valence-electron chi connectivity index (χ0n) is 12.8. The Kier molecular flexibility index (Phi) is 4.16. The van der Waals surface area contributed by atoms with Crippen LogP contribution < -0.4 is 10.1 Å². The smallest absolute Gasteiger partial charge is 0.123 e. The monoisotopic (exact) mass is 262 g/mol. The minimum Gasteiger partial charge on any atom is -0.487 e. The van der Waals surface area contributed by atoms with E-state index >= 15 is 0 Å². The fourth-order valence-corrected chi connectivity index (χ4v) is 2.38. The molecule has 0 saturated carbocycles. The van der Waals surface area contributed by atoms with Crippen LogP contribution in [-0.4, -0.2) is 37.2 Å². The van der Waals surface area contributed by atoms with Crippen LogP contribution in [0, 0.1) is 0 Å². The molecule has 0 aromatic heterocycles. The maximum absolute atomic E-state index is 5.90. The molecule has 1 aliphatic heterocycles. The van der Waals surface area contributed by atoms with Crippen LogP contribution >= 0.6 is 0 Å². The Hall–Kier alpha value is -1.06. The summed E-state index contributed by atoms with van der Waals surface area (Å²) in [6.07, 6.45) is 1.00. The van der Waals surface area contributed by atoms with Gasteiger partial charge in [-0.1, -0.05) is 12.1 Å². The van der Waals surface area contributed by atoms with Crippen molar-refractivity contribution >= 4 is 0 Å². The standard InChI is InChI=1S/C16H26N2O/c1-12(18(4)5)10-17-11-13-6-7-15-14(8-13)9-16(2,3)19-15/h6-8,12,17H,9-11H2,1-5H3. The molecule has 19 heavy (non-hydrogen) atoms. The second kappa shape index (κ2) is 5.51. The van der Waals surface area contributed by atoms with Gasteiger partial charge in [0.15, 0.2) is 0 Å². The average Bonchev–Trinajstić information content (AvgIpc) is 2.61. The van der Waals surface area contributed by atoms with E-state index in [0.717, 1.165) is 25.3 Å². The predicted octanol–water partition coefficient (Wildman–Crippen LogP) is 2.44. The molecule has 3 heteroatoms. The summed E-state index contributed by atoms with van der Waals surface area (Å²) in [5.41, 5.74) is 2.63. The minimum atomic E-state index is -0.0478. The highest BCUT2D eigenvalue weighted by Gasteiger charge is 2.29. The Balaban J connectivity index is 1.90. The van der Waals surface area contributed by atoms with Crippen LogP contribution in [0.2, 0.25) is 0 Å².